The van der Waals surface area contributed by atoms with E-state index in [4.69, 9.17) is 4.74 Å². The molecule has 0 saturated carbocycles. The molecule has 0 fully saturated rings. The molecule has 2 amide bonds. The highest BCUT2D eigenvalue weighted by molar-refractivity contribution is 7.92. The molecule has 0 aliphatic rings. The van der Waals surface area contributed by atoms with Gasteiger partial charge in [-0.2, -0.15) is 0 Å². The maximum atomic E-state index is 14.6. The Kier molecular flexibility index (Phi) is 12.0. The van der Waals surface area contributed by atoms with Crippen LogP contribution in [0.3, 0.4) is 0 Å². The SMILES string of the molecule is CCOc1ccc(S(=O)(=O)N(CC(=O)N(Cc2ccccc2C)[C@H](Cc2ccccc2)C(=O)NCC(C)C)c2ccccc2)cc1. The summed E-state index contributed by atoms with van der Waals surface area (Å²) in [6.45, 7) is 8.33. The summed E-state index contributed by atoms with van der Waals surface area (Å²) in [7, 11) is -4.19. The lowest BCUT2D eigenvalue weighted by Crippen LogP contribution is -2.53. The number of anilines is 1. The summed E-state index contributed by atoms with van der Waals surface area (Å²) in [5.74, 6) is -0.0404. The van der Waals surface area contributed by atoms with Crippen molar-refractivity contribution in [3.8, 4) is 5.75 Å². The smallest absolute Gasteiger partial charge is 0.264 e. The van der Waals surface area contributed by atoms with Gasteiger partial charge in [0.25, 0.3) is 10.0 Å². The van der Waals surface area contributed by atoms with E-state index in [0.717, 1.165) is 21.0 Å². The Hall–Kier alpha value is -4.63. The molecular weight excluding hydrogens is 598 g/mol. The number of carbonyl (C=O) groups excluding carboxylic acids is 2. The Labute approximate surface area is 273 Å². The van der Waals surface area contributed by atoms with Crippen LogP contribution in [0.1, 0.15) is 37.5 Å². The number of aryl methyl sites for hydroxylation is 1. The lowest BCUT2D eigenvalue weighted by molar-refractivity contribution is -0.140. The number of nitrogens with one attached hydrogen (secondary N) is 1. The minimum absolute atomic E-state index is 0.0218. The third-order valence-electron chi connectivity index (χ3n) is 7.60. The van der Waals surface area contributed by atoms with E-state index in [1.165, 1.54) is 17.0 Å². The van der Waals surface area contributed by atoms with Crippen molar-refractivity contribution in [2.45, 2.75) is 51.6 Å². The molecule has 1 N–H and O–H groups in total. The number of rotatable bonds is 15. The van der Waals surface area contributed by atoms with Crippen LogP contribution in [0.2, 0.25) is 0 Å². The predicted octanol–water partition coefficient (Wildman–Crippen LogP) is 6.00. The van der Waals surface area contributed by atoms with Gasteiger partial charge in [0.1, 0.15) is 18.3 Å². The normalized spacial score (nSPS) is 11.9. The highest BCUT2D eigenvalue weighted by atomic mass is 32.2. The van der Waals surface area contributed by atoms with Gasteiger partial charge in [0.15, 0.2) is 0 Å². The van der Waals surface area contributed by atoms with E-state index in [0.29, 0.717) is 24.6 Å². The van der Waals surface area contributed by atoms with Crippen LogP contribution in [0.4, 0.5) is 5.69 Å². The van der Waals surface area contributed by atoms with Gasteiger partial charge < -0.3 is 15.0 Å². The first-order chi connectivity index (χ1) is 22.1. The molecule has 0 aliphatic carbocycles. The second-order valence-corrected chi connectivity index (χ2v) is 13.4. The van der Waals surface area contributed by atoms with Crippen molar-refractivity contribution in [2.24, 2.45) is 5.92 Å². The van der Waals surface area contributed by atoms with Crippen molar-refractivity contribution in [1.82, 2.24) is 10.2 Å². The number of hydrogen-bond acceptors (Lipinski definition) is 5. The molecule has 0 radical (unpaired) electrons. The molecule has 0 unspecified atom stereocenters. The Bertz CT molecular complexity index is 1680. The van der Waals surface area contributed by atoms with Crippen LogP contribution in [-0.4, -0.2) is 50.9 Å². The number of hydrogen-bond donors (Lipinski definition) is 1. The van der Waals surface area contributed by atoms with Crippen LogP contribution in [-0.2, 0) is 32.6 Å². The van der Waals surface area contributed by atoms with Gasteiger partial charge in [0.05, 0.1) is 17.2 Å². The van der Waals surface area contributed by atoms with Crippen molar-refractivity contribution in [2.75, 3.05) is 24.0 Å². The average molecular weight is 642 g/mol. The first-order valence-electron chi connectivity index (χ1n) is 15.6. The molecule has 4 rings (SSSR count). The zero-order valence-corrected chi connectivity index (χ0v) is 27.7. The summed E-state index contributed by atoms with van der Waals surface area (Å²) in [6, 6.07) is 31.0. The van der Waals surface area contributed by atoms with E-state index < -0.39 is 28.5 Å². The molecule has 0 aromatic heterocycles. The van der Waals surface area contributed by atoms with Crippen LogP contribution in [0.25, 0.3) is 0 Å². The molecule has 0 bridgehead atoms. The molecule has 46 heavy (non-hydrogen) atoms. The fourth-order valence-corrected chi connectivity index (χ4v) is 6.49. The molecule has 0 saturated heterocycles. The molecule has 242 valence electrons. The van der Waals surface area contributed by atoms with E-state index in [1.54, 1.807) is 42.5 Å². The Morgan fingerprint density at radius 2 is 1.43 bits per heavy atom. The van der Waals surface area contributed by atoms with Crippen LogP contribution < -0.4 is 14.4 Å². The third kappa shape index (κ3) is 8.97. The van der Waals surface area contributed by atoms with Crippen LogP contribution >= 0.6 is 0 Å². The number of carbonyl (C=O) groups is 2. The standard InChI is InChI=1S/C37H43N3O5S/c1-5-45-33-20-22-34(23-21-33)46(43,44)40(32-18-10-7-11-19-32)27-36(41)39(26-31-17-13-12-14-29(31)4)35(37(42)38-25-28(2)3)24-30-15-8-6-9-16-30/h6-23,28,35H,5,24-27H2,1-4H3,(H,38,42)/t35-/m1/s1. The molecule has 4 aromatic rings. The lowest BCUT2D eigenvalue weighted by Gasteiger charge is -2.34. The van der Waals surface area contributed by atoms with Gasteiger partial charge in [-0.05, 0) is 72.9 Å². The molecule has 8 nitrogen and oxygen atoms in total. The number of benzene rings is 4. The molecular formula is C37H43N3O5S. The van der Waals surface area contributed by atoms with E-state index >= 15 is 0 Å². The quantitative estimate of drug-likeness (QED) is 0.172. The first kappa shape index (κ1) is 34.2. The summed E-state index contributed by atoms with van der Waals surface area (Å²) in [4.78, 5) is 30.0. The largest absolute Gasteiger partial charge is 0.494 e. The lowest BCUT2D eigenvalue weighted by atomic mass is 10.0. The Morgan fingerprint density at radius 1 is 0.826 bits per heavy atom. The van der Waals surface area contributed by atoms with E-state index in [-0.39, 0.29) is 29.7 Å². The van der Waals surface area contributed by atoms with Crippen molar-refractivity contribution in [3.05, 3.63) is 126 Å². The molecule has 0 aliphatic heterocycles. The van der Waals surface area contributed by atoms with Crippen molar-refractivity contribution >= 4 is 27.5 Å². The van der Waals surface area contributed by atoms with E-state index in [2.05, 4.69) is 5.32 Å². The Morgan fingerprint density at radius 3 is 2.04 bits per heavy atom. The van der Waals surface area contributed by atoms with E-state index in [9.17, 15) is 18.0 Å². The van der Waals surface area contributed by atoms with Crippen LogP contribution in [0, 0.1) is 12.8 Å². The van der Waals surface area contributed by atoms with Crippen LogP contribution in [0.15, 0.2) is 114 Å². The fourth-order valence-electron chi connectivity index (χ4n) is 5.07. The second kappa shape index (κ2) is 16.1. The highest BCUT2D eigenvalue weighted by Gasteiger charge is 2.34. The maximum Gasteiger partial charge on any atom is 0.264 e. The highest BCUT2D eigenvalue weighted by Crippen LogP contribution is 2.26. The van der Waals surface area contributed by atoms with Crippen molar-refractivity contribution in [3.63, 3.8) is 0 Å². The van der Waals surface area contributed by atoms with Crippen molar-refractivity contribution < 1.29 is 22.7 Å². The minimum atomic E-state index is -4.19. The van der Waals surface area contributed by atoms with Gasteiger partial charge in [0, 0.05) is 19.5 Å². The number of amides is 2. The molecule has 0 spiro atoms. The molecule has 0 heterocycles. The van der Waals surface area contributed by atoms with Gasteiger partial charge in [-0.3, -0.25) is 13.9 Å². The van der Waals surface area contributed by atoms with Gasteiger partial charge in [-0.1, -0.05) is 86.6 Å². The molecule has 9 heteroatoms. The molecule has 1 atom stereocenters. The topological polar surface area (TPSA) is 96.0 Å². The average Bonchev–Trinajstić information content (AvgIpc) is 3.06. The number of ether oxygens (including phenoxy) is 1. The summed E-state index contributed by atoms with van der Waals surface area (Å²) in [6.07, 6.45) is 0.263. The maximum absolute atomic E-state index is 14.6. The Balaban J connectivity index is 1.78. The number of nitrogens with zero attached hydrogens (tertiary/aromatic N) is 2. The second-order valence-electron chi connectivity index (χ2n) is 11.5. The number of sulfonamides is 1. The third-order valence-corrected chi connectivity index (χ3v) is 9.39. The molecule has 4 aromatic carbocycles. The van der Waals surface area contributed by atoms with Crippen molar-refractivity contribution in [1.29, 1.82) is 0 Å². The van der Waals surface area contributed by atoms with Gasteiger partial charge in [0.2, 0.25) is 11.8 Å². The van der Waals surface area contributed by atoms with Gasteiger partial charge in [-0.25, -0.2) is 8.42 Å². The zero-order valence-electron chi connectivity index (χ0n) is 26.9. The predicted molar refractivity (Wildman–Crippen MR) is 182 cm³/mol. The van der Waals surface area contributed by atoms with Gasteiger partial charge >= 0.3 is 0 Å². The zero-order chi connectivity index (χ0) is 33.1. The van der Waals surface area contributed by atoms with E-state index in [1.807, 2.05) is 82.3 Å². The summed E-state index contributed by atoms with van der Waals surface area (Å²) in [5, 5.41) is 3.02. The summed E-state index contributed by atoms with van der Waals surface area (Å²) < 4.78 is 35.0. The van der Waals surface area contributed by atoms with Gasteiger partial charge in [-0.15, -0.1) is 0 Å². The van der Waals surface area contributed by atoms with Crippen LogP contribution in [0.5, 0.6) is 5.75 Å². The monoisotopic (exact) mass is 641 g/mol. The fraction of sp³-hybridized carbons (Fsp3) is 0.297. The first-order valence-corrected chi connectivity index (χ1v) is 17.0. The minimum Gasteiger partial charge on any atom is -0.494 e. The summed E-state index contributed by atoms with van der Waals surface area (Å²) in [5.41, 5.74) is 3.05. The summed E-state index contributed by atoms with van der Waals surface area (Å²) >= 11 is 0. The number of para-hydroxylation sites is 1.